The fraction of sp³-hybridized carbons (Fsp3) is 1.00. The van der Waals surface area contributed by atoms with Crippen LogP contribution in [-0.4, -0.2) is 44.9 Å². The maximum Gasteiger partial charge on any atom is 0.0501 e. The monoisotopic (exact) mass is 206 g/mol. The summed E-state index contributed by atoms with van der Waals surface area (Å²) in [6.07, 6.45) is 2.39. The zero-order valence-electron chi connectivity index (χ0n) is 9.59. The molecule has 0 heterocycles. The van der Waals surface area contributed by atoms with Crippen LogP contribution in [0.15, 0.2) is 0 Å². The number of methoxy groups -OCH3 is 2. The van der Waals surface area contributed by atoms with E-state index in [0.717, 1.165) is 13.2 Å². The highest BCUT2D eigenvalue weighted by molar-refractivity contribution is 7.59. The van der Waals surface area contributed by atoms with Gasteiger partial charge in [0.25, 0.3) is 0 Å². The number of rotatable bonds is 6. The van der Waals surface area contributed by atoms with Gasteiger partial charge in [-0.2, -0.15) is 0 Å². The number of hydrogen-bond acceptors (Lipinski definition) is 2. The van der Waals surface area contributed by atoms with Crippen molar-refractivity contribution in [3.63, 3.8) is 0 Å². The zero-order valence-corrected chi connectivity index (χ0v) is 10.5. The first kappa shape index (κ1) is 13.4. The molecule has 0 rings (SSSR count). The molecule has 0 bridgehead atoms. The van der Waals surface area contributed by atoms with Gasteiger partial charge in [-0.05, 0) is 17.5 Å². The molecule has 0 N–H and O–H groups in total. The lowest BCUT2D eigenvalue weighted by Gasteiger charge is -2.31. The molecule has 2 nitrogen and oxygen atoms in total. The van der Waals surface area contributed by atoms with Crippen LogP contribution in [0.1, 0.15) is 20.8 Å². The van der Waals surface area contributed by atoms with Crippen molar-refractivity contribution < 1.29 is 9.47 Å². The minimum atomic E-state index is 0.0365. The van der Waals surface area contributed by atoms with Crippen LogP contribution in [0, 0.1) is 0 Å². The van der Waals surface area contributed by atoms with Gasteiger partial charge < -0.3 is 9.47 Å². The SMILES string of the molecule is COCCP(CCOC)C(C)(C)C. The van der Waals surface area contributed by atoms with Crippen LogP contribution >= 0.6 is 7.92 Å². The van der Waals surface area contributed by atoms with Gasteiger partial charge in [0.15, 0.2) is 0 Å². The standard InChI is InChI=1S/C10H23O2P/c1-10(2,3)13(8-6-11-4)9-7-12-5/h6-9H2,1-5H3. The summed E-state index contributed by atoms with van der Waals surface area (Å²) in [6, 6.07) is 0. The average Bonchev–Trinajstić information content (AvgIpc) is 2.02. The van der Waals surface area contributed by atoms with Crippen LogP contribution in [0.4, 0.5) is 0 Å². The van der Waals surface area contributed by atoms with Gasteiger partial charge in [-0.1, -0.05) is 28.7 Å². The van der Waals surface area contributed by atoms with Crippen molar-refractivity contribution in [2.45, 2.75) is 25.9 Å². The molecule has 0 aromatic heterocycles. The Labute approximate surface area is 83.8 Å². The largest absolute Gasteiger partial charge is 0.384 e. The third-order valence-corrected chi connectivity index (χ3v) is 5.42. The quantitative estimate of drug-likeness (QED) is 0.622. The van der Waals surface area contributed by atoms with Gasteiger partial charge in [0.2, 0.25) is 0 Å². The molecule has 0 saturated heterocycles. The van der Waals surface area contributed by atoms with Gasteiger partial charge in [0, 0.05) is 14.2 Å². The summed E-state index contributed by atoms with van der Waals surface area (Å²) in [4.78, 5) is 0. The van der Waals surface area contributed by atoms with Gasteiger partial charge in [-0.15, -0.1) is 0 Å². The topological polar surface area (TPSA) is 18.5 Å². The minimum absolute atomic E-state index is 0.0365. The van der Waals surface area contributed by atoms with Crippen LogP contribution in [0.2, 0.25) is 0 Å². The maximum atomic E-state index is 5.12. The Hall–Kier alpha value is 0.350. The van der Waals surface area contributed by atoms with Crippen LogP contribution in [0.25, 0.3) is 0 Å². The summed E-state index contributed by atoms with van der Waals surface area (Å²) in [7, 11) is 3.58. The molecule has 0 aliphatic carbocycles. The molecule has 13 heavy (non-hydrogen) atoms. The number of ether oxygens (including phenoxy) is 2. The lowest BCUT2D eigenvalue weighted by atomic mass is 10.3. The zero-order chi connectivity index (χ0) is 10.3. The van der Waals surface area contributed by atoms with Crippen molar-refractivity contribution in [3.05, 3.63) is 0 Å². The summed E-state index contributed by atoms with van der Waals surface area (Å²) < 4.78 is 10.2. The van der Waals surface area contributed by atoms with Crippen molar-refractivity contribution in [1.82, 2.24) is 0 Å². The molecule has 0 unspecified atom stereocenters. The second kappa shape index (κ2) is 6.75. The van der Waals surface area contributed by atoms with E-state index in [2.05, 4.69) is 20.8 Å². The van der Waals surface area contributed by atoms with Crippen molar-refractivity contribution in [2.24, 2.45) is 0 Å². The van der Waals surface area contributed by atoms with E-state index in [4.69, 9.17) is 9.47 Å². The van der Waals surface area contributed by atoms with E-state index in [9.17, 15) is 0 Å². The molecule has 0 aromatic carbocycles. The van der Waals surface area contributed by atoms with E-state index >= 15 is 0 Å². The molecule has 80 valence electrons. The van der Waals surface area contributed by atoms with Gasteiger partial charge in [0.05, 0.1) is 13.2 Å². The Balaban J connectivity index is 3.88. The number of hydrogen-bond donors (Lipinski definition) is 0. The third-order valence-electron chi connectivity index (χ3n) is 2.08. The molecule has 0 spiro atoms. The van der Waals surface area contributed by atoms with Crippen LogP contribution < -0.4 is 0 Å². The predicted molar refractivity (Wildman–Crippen MR) is 60.2 cm³/mol. The van der Waals surface area contributed by atoms with Gasteiger partial charge in [-0.25, -0.2) is 0 Å². The Morgan fingerprint density at radius 3 is 1.54 bits per heavy atom. The summed E-state index contributed by atoms with van der Waals surface area (Å²) in [5.74, 6) is 0. The van der Waals surface area contributed by atoms with Crippen LogP contribution in [0.3, 0.4) is 0 Å². The van der Waals surface area contributed by atoms with Gasteiger partial charge in [0.1, 0.15) is 0 Å². The molecular formula is C10H23O2P. The fourth-order valence-corrected chi connectivity index (χ4v) is 3.56. The smallest absolute Gasteiger partial charge is 0.0501 e. The van der Waals surface area contributed by atoms with Crippen LogP contribution in [-0.2, 0) is 9.47 Å². The van der Waals surface area contributed by atoms with E-state index in [1.165, 1.54) is 12.3 Å². The van der Waals surface area contributed by atoms with Crippen molar-refractivity contribution >= 4 is 7.92 Å². The minimum Gasteiger partial charge on any atom is -0.384 e. The van der Waals surface area contributed by atoms with E-state index in [1.807, 2.05) is 0 Å². The molecule has 0 fully saturated rings. The highest BCUT2D eigenvalue weighted by Gasteiger charge is 2.22. The summed E-state index contributed by atoms with van der Waals surface area (Å²) in [6.45, 7) is 8.69. The maximum absolute atomic E-state index is 5.12. The molecule has 0 radical (unpaired) electrons. The Bertz CT molecular complexity index is 113. The Morgan fingerprint density at radius 1 is 0.923 bits per heavy atom. The molecule has 0 aromatic rings. The molecule has 0 saturated carbocycles. The molecule has 0 aliphatic rings. The normalized spacial score (nSPS) is 12.5. The lowest BCUT2D eigenvalue weighted by Crippen LogP contribution is -2.18. The molecule has 3 heteroatoms. The summed E-state index contributed by atoms with van der Waals surface area (Å²) in [5.41, 5.74) is 0. The van der Waals surface area contributed by atoms with Crippen molar-refractivity contribution in [3.8, 4) is 0 Å². The van der Waals surface area contributed by atoms with E-state index < -0.39 is 0 Å². The highest BCUT2D eigenvalue weighted by Crippen LogP contribution is 2.48. The molecular weight excluding hydrogens is 183 g/mol. The fourth-order valence-electron chi connectivity index (χ4n) is 1.19. The van der Waals surface area contributed by atoms with Gasteiger partial charge in [-0.3, -0.25) is 0 Å². The van der Waals surface area contributed by atoms with Crippen LogP contribution in [0.5, 0.6) is 0 Å². The first-order chi connectivity index (χ1) is 6.02. The highest BCUT2D eigenvalue weighted by atomic mass is 31.1. The van der Waals surface area contributed by atoms with E-state index in [0.29, 0.717) is 5.16 Å². The third kappa shape index (κ3) is 6.42. The summed E-state index contributed by atoms with van der Waals surface area (Å²) >= 11 is 0. The average molecular weight is 206 g/mol. The van der Waals surface area contributed by atoms with Crippen molar-refractivity contribution in [2.75, 3.05) is 39.8 Å². The van der Waals surface area contributed by atoms with Crippen molar-refractivity contribution in [1.29, 1.82) is 0 Å². The first-order valence-electron chi connectivity index (χ1n) is 4.75. The predicted octanol–water partition coefficient (Wildman–Crippen LogP) is 2.56. The van der Waals surface area contributed by atoms with Gasteiger partial charge >= 0.3 is 0 Å². The summed E-state index contributed by atoms with van der Waals surface area (Å²) in [5, 5.41) is 0.423. The Kier molecular flexibility index (Phi) is 6.93. The lowest BCUT2D eigenvalue weighted by molar-refractivity contribution is 0.213. The van der Waals surface area contributed by atoms with E-state index in [-0.39, 0.29) is 7.92 Å². The Morgan fingerprint density at radius 2 is 1.31 bits per heavy atom. The van der Waals surface area contributed by atoms with E-state index in [1.54, 1.807) is 14.2 Å². The molecule has 0 amide bonds. The second-order valence-electron chi connectivity index (χ2n) is 4.14. The molecule has 0 atom stereocenters. The first-order valence-corrected chi connectivity index (χ1v) is 6.46. The molecule has 0 aliphatic heterocycles. The second-order valence-corrected chi connectivity index (χ2v) is 7.46.